The van der Waals surface area contributed by atoms with Crippen LogP contribution in [0, 0.1) is 0 Å². The number of pyridine rings is 1. The zero-order chi connectivity index (χ0) is 24.8. The lowest BCUT2D eigenvalue weighted by Crippen LogP contribution is -2.44. The van der Waals surface area contributed by atoms with Crippen LogP contribution in [0.3, 0.4) is 0 Å². The molecule has 1 aromatic heterocycles. The summed E-state index contributed by atoms with van der Waals surface area (Å²) in [6.45, 7) is 0.880. The van der Waals surface area contributed by atoms with Gasteiger partial charge in [0.2, 0.25) is 0 Å². The van der Waals surface area contributed by atoms with Crippen LogP contribution in [-0.2, 0) is 19.6 Å². The molecule has 1 amide bonds. The van der Waals surface area contributed by atoms with E-state index in [1.165, 1.54) is 54.7 Å². The molecular weight excluding hydrogens is 474 g/mol. The van der Waals surface area contributed by atoms with E-state index >= 15 is 0 Å². The third-order valence-corrected chi connectivity index (χ3v) is 6.44. The van der Waals surface area contributed by atoms with Crippen LogP contribution in [0.5, 0.6) is 5.75 Å². The summed E-state index contributed by atoms with van der Waals surface area (Å²) >= 11 is 0. The fourth-order valence-corrected chi connectivity index (χ4v) is 4.05. The lowest BCUT2D eigenvalue weighted by molar-refractivity contribution is -0.137. The maximum atomic E-state index is 12.5. The number of rotatable bonds is 8. The minimum atomic E-state index is -3.82. The maximum Gasteiger partial charge on any atom is 0.342 e. The summed E-state index contributed by atoms with van der Waals surface area (Å²) in [6.07, 6.45) is 2.40. The summed E-state index contributed by atoms with van der Waals surface area (Å²) in [5.41, 5.74) is 0.455. The Balaban J connectivity index is 1.41. The summed E-state index contributed by atoms with van der Waals surface area (Å²) in [7, 11) is -3.82. The smallest absolute Gasteiger partial charge is 0.342 e. The highest BCUT2D eigenvalue weighted by Gasteiger charge is 2.22. The molecule has 0 atom stereocenters. The molecule has 0 unspecified atom stereocenters. The normalized spacial score (nSPS) is 13.3. The van der Waals surface area contributed by atoms with Crippen molar-refractivity contribution < 1.29 is 27.9 Å². The number of anilines is 1. The first-order chi connectivity index (χ1) is 16.8. The topological polar surface area (TPSA) is 151 Å². The molecule has 0 radical (unpaired) electrons. The van der Waals surface area contributed by atoms with Gasteiger partial charge in [0.05, 0.1) is 16.3 Å². The van der Waals surface area contributed by atoms with Crippen LogP contribution in [0.2, 0.25) is 0 Å². The van der Waals surface area contributed by atoms with Gasteiger partial charge in [-0.3, -0.25) is 9.52 Å². The molecule has 2 aromatic carbocycles. The fraction of sp³-hybridized carbons (Fsp3) is 0.174. The molecule has 35 heavy (non-hydrogen) atoms. The Morgan fingerprint density at radius 1 is 1.03 bits per heavy atom. The van der Waals surface area contributed by atoms with Gasteiger partial charge in [-0.1, -0.05) is 6.07 Å². The van der Waals surface area contributed by atoms with E-state index in [9.17, 15) is 23.1 Å². The second kappa shape index (κ2) is 10.3. The number of benzene rings is 2. The van der Waals surface area contributed by atoms with Crippen molar-refractivity contribution in [3.05, 3.63) is 72.4 Å². The molecule has 1 aliphatic rings. The Labute approximate surface area is 201 Å². The number of esters is 1. The van der Waals surface area contributed by atoms with Crippen molar-refractivity contribution in [3.63, 3.8) is 0 Å². The van der Waals surface area contributed by atoms with Gasteiger partial charge in [0.1, 0.15) is 17.1 Å². The molecule has 0 spiro atoms. The zero-order valence-corrected chi connectivity index (χ0v) is 19.2. The number of ether oxygens (including phenoxy) is 1. The van der Waals surface area contributed by atoms with Gasteiger partial charge in [0, 0.05) is 19.3 Å². The summed E-state index contributed by atoms with van der Waals surface area (Å²) in [5, 5.41) is 18.1. The predicted molar refractivity (Wildman–Crippen MR) is 125 cm³/mol. The van der Waals surface area contributed by atoms with Gasteiger partial charge in [-0.05, 0) is 61.0 Å². The average Bonchev–Trinajstić information content (AvgIpc) is 2.81. The number of likely N-dealkylation sites (tertiary alicyclic amines) is 1. The van der Waals surface area contributed by atoms with E-state index in [2.05, 4.69) is 19.9 Å². The first kappa shape index (κ1) is 23.8. The summed E-state index contributed by atoms with van der Waals surface area (Å²) < 4.78 is 32.3. The van der Waals surface area contributed by atoms with E-state index < -0.39 is 22.6 Å². The van der Waals surface area contributed by atoms with E-state index in [1.54, 1.807) is 17.0 Å². The highest BCUT2D eigenvalue weighted by molar-refractivity contribution is 7.92. The van der Waals surface area contributed by atoms with Crippen LogP contribution >= 0.6 is 0 Å². The summed E-state index contributed by atoms with van der Waals surface area (Å²) in [6, 6.07) is 14.5. The number of phenolic OH excluding ortho intramolecular Hbond substituents is 1. The van der Waals surface area contributed by atoms with Crippen LogP contribution in [0.1, 0.15) is 16.8 Å². The third-order valence-electron chi connectivity index (χ3n) is 5.07. The van der Waals surface area contributed by atoms with E-state index in [4.69, 9.17) is 4.74 Å². The Bertz CT molecular complexity index is 1360. The molecule has 0 aliphatic carbocycles. The number of azo groups is 1. The molecule has 2 heterocycles. The minimum absolute atomic E-state index is 0.0181. The van der Waals surface area contributed by atoms with Crippen molar-refractivity contribution >= 4 is 39.1 Å². The predicted octanol–water partition coefficient (Wildman–Crippen LogP) is 3.39. The number of aromatic nitrogens is 1. The van der Waals surface area contributed by atoms with Gasteiger partial charge in [0.15, 0.2) is 6.61 Å². The zero-order valence-electron chi connectivity index (χ0n) is 18.4. The largest absolute Gasteiger partial charge is 0.507 e. The molecular formula is C23H21N5O6S. The fourth-order valence-electron chi connectivity index (χ4n) is 3.04. The number of sulfonamides is 1. The SMILES string of the molecule is O=C(OCC(=O)N1CCC1)c1cc(N=Nc2ccc(S(=O)(=O)Nc3ccccn3)cc2)ccc1O. The molecule has 0 bridgehead atoms. The monoisotopic (exact) mass is 495 g/mol. The van der Waals surface area contributed by atoms with Crippen molar-refractivity contribution in [1.29, 1.82) is 0 Å². The molecule has 4 rings (SSSR count). The average molecular weight is 496 g/mol. The molecule has 1 aliphatic heterocycles. The van der Waals surface area contributed by atoms with Crippen molar-refractivity contribution in [2.24, 2.45) is 10.2 Å². The third kappa shape index (κ3) is 5.98. The first-order valence-corrected chi connectivity index (χ1v) is 12.0. The van der Waals surface area contributed by atoms with Gasteiger partial charge in [-0.25, -0.2) is 18.2 Å². The first-order valence-electron chi connectivity index (χ1n) is 10.6. The maximum absolute atomic E-state index is 12.5. The van der Waals surface area contributed by atoms with Gasteiger partial charge in [0.25, 0.3) is 15.9 Å². The molecule has 1 fully saturated rings. The number of aromatic hydroxyl groups is 1. The van der Waals surface area contributed by atoms with Crippen LogP contribution < -0.4 is 4.72 Å². The standard InChI is InChI=1S/C23H21N5O6S/c29-20-10-7-17(14-19(20)23(31)34-15-22(30)28-12-3-13-28)26-25-16-5-8-18(9-6-16)35(32,33)27-21-4-1-2-11-24-21/h1-2,4-11,14,29H,3,12-13,15H2,(H,24,27). The lowest BCUT2D eigenvalue weighted by atomic mass is 10.2. The molecule has 2 N–H and O–H groups in total. The van der Waals surface area contributed by atoms with Gasteiger partial charge in [-0.15, -0.1) is 0 Å². The Kier molecular flexibility index (Phi) is 7.01. The number of carbonyl (C=O) groups excluding carboxylic acids is 2. The quantitative estimate of drug-likeness (QED) is 0.359. The van der Waals surface area contributed by atoms with Crippen molar-refractivity contribution in [3.8, 4) is 5.75 Å². The summed E-state index contributed by atoms with van der Waals surface area (Å²) in [5.74, 6) is -1.27. The van der Waals surface area contributed by atoms with Gasteiger partial charge < -0.3 is 14.7 Å². The molecule has 3 aromatic rings. The van der Waals surface area contributed by atoms with Crippen LogP contribution in [0.15, 0.2) is 82.0 Å². The Morgan fingerprint density at radius 2 is 1.74 bits per heavy atom. The van der Waals surface area contributed by atoms with E-state index in [0.29, 0.717) is 18.8 Å². The highest BCUT2D eigenvalue weighted by atomic mass is 32.2. The van der Waals surface area contributed by atoms with Crippen LogP contribution in [0.25, 0.3) is 0 Å². The number of nitrogens with one attached hydrogen (secondary N) is 1. The lowest BCUT2D eigenvalue weighted by Gasteiger charge is -2.30. The van der Waals surface area contributed by atoms with Crippen molar-refractivity contribution in [2.75, 3.05) is 24.4 Å². The van der Waals surface area contributed by atoms with Crippen molar-refractivity contribution in [1.82, 2.24) is 9.88 Å². The van der Waals surface area contributed by atoms with E-state index in [1.807, 2.05) is 0 Å². The van der Waals surface area contributed by atoms with E-state index in [0.717, 1.165) is 6.42 Å². The Morgan fingerprint density at radius 3 is 2.40 bits per heavy atom. The van der Waals surface area contributed by atoms with Gasteiger partial charge in [-0.2, -0.15) is 10.2 Å². The summed E-state index contributed by atoms with van der Waals surface area (Å²) in [4.78, 5) is 29.7. The number of phenols is 1. The number of hydrogen-bond donors (Lipinski definition) is 2. The molecule has 12 heteroatoms. The number of nitrogens with zero attached hydrogens (tertiary/aromatic N) is 4. The van der Waals surface area contributed by atoms with Gasteiger partial charge >= 0.3 is 5.97 Å². The van der Waals surface area contributed by atoms with Crippen LogP contribution in [-0.4, -0.2) is 55.0 Å². The van der Waals surface area contributed by atoms with Crippen LogP contribution in [0.4, 0.5) is 17.2 Å². The number of hydrogen-bond acceptors (Lipinski definition) is 9. The number of amides is 1. The second-order valence-corrected chi connectivity index (χ2v) is 9.21. The second-order valence-electron chi connectivity index (χ2n) is 7.53. The van der Waals surface area contributed by atoms with E-state index in [-0.39, 0.29) is 33.6 Å². The highest BCUT2D eigenvalue weighted by Crippen LogP contribution is 2.26. The molecule has 0 saturated carbocycles. The minimum Gasteiger partial charge on any atom is -0.507 e. The van der Waals surface area contributed by atoms with Crippen molar-refractivity contribution in [2.45, 2.75) is 11.3 Å². The molecule has 11 nitrogen and oxygen atoms in total. The number of carbonyl (C=O) groups is 2. The molecule has 1 saturated heterocycles. The Hall–Kier alpha value is -4.32. The molecule has 180 valence electrons.